The molecule has 16 heavy (non-hydrogen) atoms. The Morgan fingerprint density at radius 1 is 1.19 bits per heavy atom. The third-order valence-electron chi connectivity index (χ3n) is 3.59. The number of hydrogen-bond donors (Lipinski definition) is 1. The molecule has 1 N–H and O–H groups in total. The zero-order valence-corrected chi connectivity index (χ0v) is 9.97. The van der Waals surface area contributed by atoms with Crippen LogP contribution in [0, 0.1) is 13.8 Å². The summed E-state index contributed by atoms with van der Waals surface area (Å²) in [5.74, 6) is -0.790. The maximum atomic E-state index is 11.2. The topological polar surface area (TPSA) is 37.3 Å². The van der Waals surface area contributed by atoms with Crippen LogP contribution in [0.2, 0.25) is 0 Å². The lowest BCUT2D eigenvalue weighted by molar-refractivity contribution is 0.0695. The number of hydrogen-bond acceptors (Lipinski definition) is 1. The number of carboxylic acids is 1. The average molecular weight is 218 g/mol. The van der Waals surface area contributed by atoms with E-state index in [4.69, 9.17) is 0 Å². The summed E-state index contributed by atoms with van der Waals surface area (Å²) in [6.45, 7) is 3.86. The van der Waals surface area contributed by atoms with Crippen molar-refractivity contribution < 1.29 is 9.90 Å². The number of aromatic carboxylic acids is 1. The highest BCUT2D eigenvalue weighted by Gasteiger charge is 2.18. The molecule has 1 aliphatic carbocycles. The van der Waals surface area contributed by atoms with Gasteiger partial charge in [-0.2, -0.15) is 0 Å². The molecule has 0 spiro atoms. The van der Waals surface area contributed by atoms with Gasteiger partial charge in [-0.15, -0.1) is 0 Å². The summed E-state index contributed by atoms with van der Waals surface area (Å²) in [6.07, 6.45) is 5.84. The Hall–Kier alpha value is -1.31. The second-order valence-electron chi connectivity index (χ2n) is 4.70. The zero-order chi connectivity index (χ0) is 11.7. The minimum Gasteiger partial charge on any atom is -0.478 e. The van der Waals surface area contributed by atoms with Crippen LogP contribution in [-0.2, 0) is 12.8 Å². The molecule has 0 fully saturated rings. The van der Waals surface area contributed by atoms with Gasteiger partial charge in [0.1, 0.15) is 0 Å². The second-order valence-corrected chi connectivity index (χ2v) is 4.70. The second kappa shape index (κ2) is 4.28. The third kappa shape index (κ3) is 1.84. The summed E-state index contributed by atoms with van der Waals surface area (Å²) in [5, 5.41) is 9.22. The van der Waals surface area contributed by atoms with Gasteiger partial charge in [-0.3, -0.25) is 0 Å². The van der Waals surface area contributed by atoms with E-state index in [1.54, 1.807) is 0 Å². The standard InChI is InChI=1S/C14H18O2/c1-9-8-11-6-4-3-5-7-12(11)10(2)13(9)14(15)16/h8H,3-7H2,1-2H3,(H,15,16). The first kappa shape index (κ1) is 11.2. The molecule has 0 aliphatic heterocycles. The van der Waals surface area contributed by atoms with E-state index in [0.29, 0.717) is 5.56 Å². The van der Waals surface area contributed by atoms with Crippen molar-refractivity contribution in [1.82, 2.24) is 0 Å². The van der Waals surface area contributed by atoms with E-state index in [0.717, 1.165) is 24.0 Å². The molecule has 86 valence electrons. The molecule has 0 bridgehead atoms. The largest absolute Gasteiger partial charge is 0.478 e. The third-order valence-corrected chi connectivity index (χ3v) is 3.59. The van der Waals surface area contributed by atoms with Gasteiger partial charge in [-0.1, -0.05) is 12.5 Å². The van der Waals surface area contributed by atoms with Crippen molar-refractivity contribution in [3.05, 3.63) is 33.9 Å². The fourth-order valence-corrected chi connectivity index (χ4v) is 2.80. The molecule has 0 saturated carbocycles. The molecule has 0 atom stereocenters. The Bertz CT molecular complexity index is 433. The Kier molecular flexibility index (Phi) is 2.99. The van der Waals surface area contributed by atoms with Gasteiger partial charge in [0.05, 0.1) is 5.56 Å². The lowest BCUT2D eigenvalue weighted by Crippen LogP contribution is -2.08. The zero-order valence-electron chi connectivity index (χ0n) is 9.97. The number of fused-ring (bicyclic) bond motifs is 1. The summed E-state index contributed by atoms with van der Waals surface area (Å²) in [7, 11) is 0. The molecule has 0 radical (unpaired) electrons. The molecule has 1 aliphatic rings. The van der Waals surface area contributed by atoms with E-state index in [1.165, 1.54) is 30.4 Å². The Labute approximate surface area is 96.3 Å². The van der Waals surface area contributed by atoms with E-state index in [2.05, 4.69) is 6.07 Å². The van der Waals surface area contributed by atoms with Gasteiger partial charge in [-0.25, -0.2) is 4.79 Å². The highest BCUT2D eigenvalue weighted by atomic mass is 16.4. The van der Waals surface area contributed by atoms with Crippen LogP contribution in [0.1, 0.15) is 51.9 Å². The maximum Gasteiger partial charge on any atom is 0.336 e. The van der Waals surface area contributed by atoms with E-state index in [9.17, 15) is 9.90 Å². The van der Waals surface area contributed by atoms with Crippen LogP contribution in [0.4, 0.5) is 0 Å². The molecule has 0 heterocycles. The van der Waals surface area contributed by atoms with E-state index in [-0.39, 0.29) is 0 Å². The minimum absolute atomic E-state index is 0.514. The van der Waals surface area contributed by atoms with Gasteiger partial charge in [0.25, 0.3) is 0 Å². The number of aryl methyl sites for hydroxylation is 2. The lowest BCUT2D eigenvalue weighted by atomic mass is 9.90. The van der Waals surface area contributed by atoms with Crippen LogP contribution < -0.4 is 0 Å². The Morgan fingerprint density at radius 3 is 2.56 bits per heavy atom. The van der Waals surface area contributed by atoms with Gasteiger partial charge < -0.3 is 5.11 Å². The van der Waals surface area contributed by atoms with Crippen LogP contribution >= 0.6 is 0 Å². The van der Waals surface area contributed by atoms with Crippen molar-refractivity contribution in [1.29, 1.82) is 0 Å². The number of carbonyl (C=O) groups is 1. The molecule has 2 rings (SSSR count). The number of rotatable bonds is 1. The average Bonchev–Trinajstić information content (AvgIpc) is 2.42. The quantitative estimate of drug-likeness (QED) is 0.734. The molecule has 1 aromatic carbocycles. The SMILES string of the molecule is Cc1cc2c(c(C)c1C(=O)O)CCCCC2. The molecule has 0 aromatic heterocycles. The number of benzene rings is 1. The van der Waals surface area contributed by atoms with E-state index >= 15 is 0 Å². The predicted molar refractivity (Wildman–Crippen MR) is 64.1 cm³/mol. The molecular formula is C14H18O2. The summed E-state index contributed by atoms with van der Waals surface area (Å²) in [6, 6.07) is 2.08. The van der Waals surface area contributed by atoms with Crippen molar-refractivity contribution >= 4 is 5.97 Å². The van der Waals surface area contributed by atoms with Gasteiger partial charge in [-0.05, 0) is 61.8 Å². The van der Waals surface area contributed by atoms with Crippen molar-refractivity contribution in [2.75, 3.05) is 0 Å². The van der Waals surface area contributed by atoms with Crippen molar-refractivity contribution in [2.24, 2.45) is 0 Å². The minimum atomic E-state index is -0.790. The van der Waals surface area contributed by atoms with Crippen LogP contribution in [0.15, 0.2) is 6.07 Å². The van der Waals surface area contributed by atoms with Crippen LogP contribution in [-0.4, -0.2) is 11.1 Å². The van der Waals surface area contributed by atoms with Crippen LogP contribution in [0.3, 0.4) is 0 Å². The Balaban J connectivity index is 2.60. The van der Waals surface area contributed by atoms with Gasteiger partial charge >= 0.3 is 5.97 Å². The Morgan fingerprint density at radius 2 is 1.88 bits per heavy atom. The highest BCUT2D eigenvalue weighted by molar-refractivity contribution is 5.91. The maximum absolute atomic E-state index is 11.2. The predicted octanol–water partition coefficient (Wildman–Crippen LogP) is 3.27. The molecule has 0 unspecified atom stereocenters. The smallest absolute Gasteiger partial charge is 0.336 e. The van der Waals surface area contributed by atoms with Gasteiger partial charge in [0.2, 0.25) is 0 Å². The summed E-state index contributed by atoms with van der Waals surface area (Å²) >= 11 is 0. The fourth-order valence-electron chi connectivity index (χ4n) is 2.80. The molecular weight excluding hydrogens is 200 g/mol. The van der Waals surface area contributed by atoms with Crippen molar-refractivity contribution in [3.8, 4) is 0 Å². The first-order chi connectivity index (χ1) is 7.61. The first-order valence-corrected chi connectivity index (χ1v) is 5.96. The summed E-state index contributed by atoms with van der Waals surface area (Å²) < 4.78 is 0. The highest BCUT2D eigenvalue weighted by Crippen LogP contribution is 2.28. The first-order valence-electron chi connectivity index (χ1n) is 5.96. The van der Waals surface area contributed by atoms with Gasteiger partial charge in [0.15, 0.2) is 0 Å². The van der Waals surface area contributed by atoms with Crippen LogP contribution in [0.25, 0.3) is 0 Å². The molecule has 0 amide bonds. The van der Waals surface area contributed by atoms with Crippen LogP contribution in [0.5, 0.6) is 0 Å². The molecule has 2 heteroatoms. The number of carboxylic acid groups (broad SMARTS) is 1. The van der Waals surface area contributed by atoms with E-state index < -0.39 is 5.97 Å². The molecule has 0 saturated heterocycles. The lowest BCUT2D eigenvalue weighted by Gasteiger charge is -2.14. The van der Waals surface area contributed by atoms with Crippen molar-refractivity contribution in [3.63, 3.8) is 0 Å². The van der Waals surface area contributed by atoms with Gasteiger partial charge in [0, 0.05) is 0 Å². The molecule has 1 aromatic rings. The van der Waals surface area contributed by atoms with Crippen molar-refractivity contribution in [2.45, 2.75) is 46.0 Å². The molecule has 2 nitrogen and oxygen atoms in total. The monoisotopic (exact) mass is 218 g/mol. The normalized spacial score (nSPS) is 15.4. The van der Waals surface area contributed by atoms with E-state index in [1.807, 2.05) is 13.8 Å². The summed E-state index contributed by atoms with van der Waals surface area (Å²) in [5.41, 5.74) is 5.08. The fraction of sp³-hybridized carbons (Fsp3) is 0.500. The summed E-state index contributed by atoms with van der Waals surface area (Å²) in [4.78, 5) is 11.2.